The van der Waals surface area contributed by atoms with Gasteiger partial charge >= 0.3 is 12.0 Å². The fraction of sp³-hybridized carbons (Fsp3) is 0.308. The number of carbonyl (C=O) groups excluding carboxylic acids is 2. The van der Waals surface area contributed by atoms with Crippen molar-refractivity contribution in [2.45, 2.75) is 6.42 Å². The molecule has 7 nitrogen and oxygen atoms in total. The number of rotatable bonds is 6. The molecule has 20 heavy (non-hydrogen) atoms. The highest BCUT2D eigenvalue weighted by molar-refractivity contribution is 5.87. The number of hydrogen-bond donors (Lipinski definition) is 4. The number of likely N-dealkylation sites (N-methyl/N-ethyl adjacent to an activating group) is 1. The Morgan fingerprint density at radius 2 is 1.75 bits per heavy atom. The number of nitrogens with one attached hydrogen (secondary N) is 3. The van der Waals surface area contributed by atoms with E-state index in [0.29, 0.717) is 13.0 Å². The third-order valence-electron chi connectivity index (χ3n) is 2.59. The van der Waals surface area contributed by atoms with Gasteiger partial charge in [-0.3, -0.25) is 4.79 Å². The van der Waals surface area contributed by atoms with Gasteiger partial charge in [0, 0.05) is 13.6 Å². The Labute approximate surface area is 116 Å². The van der Waals surface area contributed by atoms with Gasteiger partial charge in [-0.2, -0.15) is 0 Å². The molecule has 0 heterocycles. The van der Waals surface area contributed by atoms with Crippen molar-refractivity contribution in [3.63, 3.8) is 0 Å². The minimum absolute atomic E-state index is 0.0738. The first-order chi connectivity index (χ1) is 9.52. The largest absolute Gasteiger partial charge is 0.478 e. The number of carboxylic acid groups (broad SMARTS) is 1. The molecule has 7 heteroatoms. The highest BCUT2D eigenvalue weighted by atomic mass is 16.4. The van der Waals surface area contributed by atoms with Crippen LogP contribution in [-0.2, 0) is 11.2 Å². The Morgan fingerprint density at radius 1 is 1.10 bits per heavy atom. The van der Waals surface area contributed by atoms with Gasteiger partial charge < -0.3 is 21.1 Å². The van der Waals surface area contributed by atoms with Gasteiger partial charge in [0.05, 0.1) is 12.1 Å². The van der Waals surface area contributed by atoms with E-state index in [1.54, 1.807) is 12.1 Å². The van der Waals surface area contributed by atoms with Crippen LogP contribution < -0.4 is 16.0 Å². The number of carbonyl (C=O) groups is 3. The second kappa shape index (κ2) is 7.78. The van der Waals surface area contributed by atoms with E-state index in [2.05, 4.69) is 16.0 Å². The molecule has 3 amide bonds. The molecular weight excluding hydrogens is 262 g/mol. The van der Waals surface area contributed by atoms with Crippen LogP contribution in [-0.4, -0.2) is 43.2 Å². The number of benzene rings is 1. The van der Waals surface area contributed by atoms with E-state index in [4.69, 9.17) is 5.11 Å². The van der Waals surface area contributed by atoms with Crippen molar-refractivity contribution < 1.29 is 19.5 Å². The van der Waals surface area contributed by atoms with Gasteiger partial charge in [0.1, 0.15) is 0 Å². The van der Waals surface area contributed by atoms with E-state index in [0.717, 1.165) is 5.56 Å². The number of hydrogen-bond acceptors (Lipinski definition) is 3. The zero-order chi connectivity index (χ0) is 15.0. The molecule has 0 fully saturated rings. The molecule has 0 spiro atoms. The first-order valence-electron chi connectivity index (χ1n) is 6.07. The molecule has 0 aliphatic rings. The van der Waals surface area contributed by atoms with Crippen molar-refractivity contribution in [1.29, 1.82) is 0 Å². The molecule has 0 atom stereocenters. The molecule has 0 aromatic heterocycles. The topological polar surface area (TPSA) is 108 Å². The zero-order valence-electron chi connectivity index (χ0n) is 11.1. The molecule has 0 aliphatic carbocycles. The lowest BCUT2D eigenvalue weighted by molar-refractivity contribution is -0.119. The summed E-state index contributed by atoms with van der Waals surface area (Å²) in [5.74, 6) is -1.24. The van der Waals surface area contributed by atoms with E-state index in [1.807, 2.05) is 0 Å². The summed E-state index contributed by atoms with van der Waals surface area (Å²) in [6.07, 6.45) is 0.577. The summed E-state index contributed by atoms with van der Waals surface area (Å²) in [6.45, 7) is 0.321. The molecule has 4 N–H and O–H groups in total. The summed E-state index contributed by atoms with van der Waals surface area (Å²) < 4.78 is 0. The quantitative estimate of drug-likeness (QED) is 0.586. The van der Waals surface area contributed by atoms with Crippen LogP contribution in [0.25, 0.3) is 0 Å². The first kappa shape index (κ1) is 15.5. The van der Waals surface area contributed by atoms with Gasteiger partial charge in [-0.15, -0.1) is 0 Å². The molecule has 0 aliphatic heterocycles. The lowest BCUT2D eigenvalue weighted by Crippen LogP contribution is -2.41. The maximum absolute atomic E-state index is 11.3. The Morgan fingerprint density at radius 3 is 2.30 bits per heavy atom. The maximum Gasteiger partial charge on any atom is 0.335 e. The number of aromatic carboxylic acids is 1. The van der Waals surface area contributed by atoms with Crippen molar-refractivity contribution in [1.82, 2.24) is 16.0 Å². The summed E-state index contributed by atoms with van der Waals surface area (Å²) in [7, 11) is 1.49. The molecule has 1 aromatic carbocycles. The van der Waals surface area contributed by atoms with Crippen LogP contribution in [0.4, 0.5) is 4.79 Å². The fourth-order valence-electron chi connectivity index (χ4n) is 1.45. The van der Waals surface area contributed by atoms with Crippen LogP contribution in [0.1, 0.15) is 15.9 Å². The van der Waals surface area contributed by atoms with Crippen molar-refractivity contribution in [3.8, 4) is 0 Å². The van der Waals surface area contributed by atoms with E-state index in [1.165, 1.54) is 19.2 Å². The van der Waals surface area contributed by atoms with Crippen LogP contribution in [0.5, 0.6) is 0 Å². The second-order valence-corrected chi connectivity index (χ2v) is 4.03. The minimum Gasteiger partial charge on any atom is -0.478 e. The Kier molecular flexibility index (Phi) is 6.02. The maximum atomic E-state index is 11.3. The lowest BCUT2D eigenvalue weighted by atomic mass is 10.1. The summed E-state index contributed by atoms with van der Waals surface area (Å²) in [4.78, 5) is 32.9. The molecular formula is C13H17N3O4. The zero-order valence-corrected chi connectivity index (χ0v) is 11.1. The summed E-state index contributed by atoms with van der Waals surface area (Å²) in [5, 5.41) is 16.1. The number of amides is 3. The number of carboxylic acids is 1. The summed E-state index contributed by atoms with van der Waals surface area (Å²) in [6, 6.07) is 6.02. The SMILES string of the molecule is CNC(=O)CNC(=O)NCCc1ccc(C(=O)O)cc1. The van der Waals surface area contributed by atoms with Crippen molar-refractivity contribution in [2.75, 3.05) is 20.1 Å². The average Bonchev–Trinajstić information content (AvgIpc) is 2.45. The second-order valence-electron chi connectivity index (χ2n) is 4.03. The van der Waals surface area contributed by atoms with Crippen molar-refractivity contribution in [2.24, 2.45) is 0 Å². The van der Waals surface area contributed by atoms with Gasteiger partial charge in [-0.25, -0.2) is 9.59 Å². The highest BCUT2D eigenvalue weighted by Gasteiger charge is 2.04. The third kappa shape index (κ3) is 5.38. The van der Waals surface area contributed by atoms with E-state index in [-0.39, 0.29) is 18.0 Å². The normalized spacial score (nSPS) is 9.65. The summed E-state index contributed by atoms with van der Waals surface area (Å²) >= 11 is 0. The molecule has 1 rings (SSSR count). The first-order valence-corrected chi connectivity index (χ1v) is 6.07. The minimum atomic E-state index is -0.969. The standard InChI is InChI=1S/C13H17N3O4/c1-14-11(17)8-16-13(20)15-7-6-9-2-4-10(5-3-9)12(18)19/h2-5H,6-8H2,1H3,(H,14,17)(H,18,19)(H2,15,16,20). The molecule has 0 saturated carbocycles. The van der Waals surface area contributed by atoms with Gasteiger partial charge in [-0.1, -0.05) is 12.1 Å². The smallest absolute Gasteiger partial charge is 0.335 e. The Hall–Kier alpha value is -2.57. The van der Waals surface area contributed by atoms with E-state index >= 15 is 0 Å². The fourth-order valence-corrected chi connectivity index (χ4v) is 1.45. The average molecular weight is 279 g/mol. The lowest BCUT2D eigenvalue weighted by Gasteiger charge is -2.07. The van der Waals surface area contributed by atoms with Crippen molar-refractivity contribution >= 4 is 17.9 Å². The van der Waals surface area contributed by atoms with E-state index in [9.17, 15) is 14.4 Å². The Balaban J connectivity index is 2.28. The molecule has 0 radical (unpaired) electrons. The third-order valence-corrected chi connectivity index (χ3v) is 2.59. The monoisotopic (exact) mass is 279 g/mol. The van der Waals surface area contributed by atoms with Gasteiger partial charge in [0.2, 0.25) is 5.91 Å². The Bertz CT molecular complexity index is 485. The van der Waals surface area contributed by atoms with Gasteiger partial charge in [-0.05, 0) is 24.1 Å². The van der Waals surface area contributed by atoms with Crippen molar-refractivity contribution in [3.05, 3.63) is 35.4 Å². The van der Waals surface area contributed by atoms with Crippen LogP contribution in [0.15, 0.2) is 24.3 Å². The predicted molar refractivity (Wildman–Crippen MR) is 72.6 cm³/mol. The van der Waals surface area contributed by atoms with Crippen LogP contribution >= 0.6 is 0 Å². The van der Waals surface area contributed by atoms with Crippen LogP contribution in [0, 0.1) is 0 Å². The highest BCUT2D eigenvalue weighted by Crippen LogP contribution is 2.04. The molecule has 0 saturated heterocycles. The van der Waals surface area contributed by atoms with Crippen LogP contribution in [0.2, 0.25) is 0 Å². The number of urea groups is 1. The molecule has 1 aromatic rings. The van der Waals surface area contributed by atoms with Gasteiger partial charge in [0.15, 0.2) is 0 Å². The van der Waals surface area contributed by atoms with Gasteiger partial charge in [0.25, 0.3) is 0 Å². The van der Waals surface area contributed by atoms with Crippen LogP contribution in [0.3, 0.4) is 0 Å². The summed E-state index contributed by atoms with van der Waals surface area (Å²) in [5.41, 5.74) is 1.15. The molecule has 108 valence electrons. The molecule has 0 unspecified atom stereocenters. The molecule has 0 bridgehead atoms. The van der Waals surface area contributed by atoms with E-state index < -0.39 is 12.0 Å². The predicted octanol–water partition coefficient (Wildman–Crippen LogP) is -0.0275.